The number of aldehydes is 1. The van der Waals surface area contributed by atoms with E-state index in [0.29, 0.717) is 0 Å². The Morgan fingerprint density at radius 2 is 2.00 bits per heavy atom. The highest BCUT2D eigenvalue weighted by Gasteiger charge is 2.17. The summed E-state index contributed by atoms with van der Waals surface area (Å²) in [5.41, 5.74) is 2.16. The number of carbonyl (C=O) groups is 1. The Hall–Kier alpha value is -1.68. The highest BCUT2D eigenvalue weighted by atomic mass is 32.1. The molecule has 0 atom stereocenters. The molecular weight excluding hydrogens is 268 g/mol. The number of hydrogen-bond donors (Lipinski definition) is 0. The molecule has 0 saturated carbocycles. The van der Waals surface area contributed by atoms with Gasteiger partial charge in [0.15, 0.2) is 11.4 Å². The van der Waals surface area contributed by atoms with Crippen molar-refractivity contribution in [1.29, 1.82) is 0 Å². The number of aromatic nitrogens is 1. The van der Waals surface area contributed by atoms with E-state index in [1.54, 1.807) is 0 Å². The third-order valence-corrected chi connectivity index (χ3v) is 4.25. The number of carbonyl (C=O) groups excluding carboxylic acids is 1. The lowest BCUT2D eigenvalue weighted by atomic mass is 10.1. The molecule has 0 aliphatic rings. The molecule has 1 heterocycles. The van der Waals surface area contributed by atoms with Crippen molar-refractivity contribution in [1.82, 2.24) is 4.98 Å². The molecule has 0 saturated heterocycles. The molecule has 0 amide bonds. The largest absolute Gasteiger partial charge is 0.344 e. The van der Waals surface area contributed by atoms with Crippen molar-refractivity contribution in [2.24, 2.45) is 0 Å². The maximum absolute atomic E-state index is 11.2. The van der Waals surface area contributed by atoms with Gasteiger partial charge in [-0.1, -0.05) is 55.5 Å². The predicted octanol–water partition coefficient (Wildman–Crippen LogP) is 4.11. The fourth-order valence-electron chi connectivity index (χ4n) is 2.08. The molecule has 0 bridgehead atoms. The predicted molar refractivity (Wildman–Crippen MR) is 84.8 cm³/mol. The molecule has 20 heavy (non-hydrogen) atoms. The molecule has 0 aliphatic heterocycles. The van der Waals surface area contributed by atoms with Gasteiger partial charge in [-0.15, -0.1) is 0 Å². The first-order valence-electron chi connectivity index (χ1n) is 6.90. The van der Waals surface area contributed by atoms with E-state index < -0.39 is 0 Å². The number of hydrogen-bond acceptors (Lipinski definition) is 4. The van der Waals surface area contributed by atoms with Crippen molar-refractivity contribution >= 4 is 22.8 Å². The number of benzene rings is 1. The molecule has 1 aromatic carbocycles. The maximum atomic E-state index is 11.2. The molecule has 1 aromatic heterocycles. The van der Waals surface area contributed by atoms with Crippen molar-refractivity contribution in [3.8, 4) is 0 Å². The van der Waals surface area contributed by atoms with Gasteiger partial charge in [0.05, 0.1) is 10.6 Å². The van der Waals surface area contributed by atoms with Crippen LogP contribution >= 0.6 is 11.3 Å². The van der Waals surface area contributed by atoms with Gasteiger partial charge >= 0.3 is 0 Å². The highest BCUT2D eigenvalue weighted by molar-refractivity contribution is 7.17. The number of anilines is 1. The van der Waals surface area contributed by atoms with Crippen LogP contribution in [0.5, 0.6) is 0 Å². The first-order valence-corrected chi connectivity index (χ1v) is 7.72. The lowest BCUT2D eigenvalue weighted by Gasteiger charge is -2.19. The molecular formula is C16H20N2OS. The maximum Gasteiger partial charge on any atom is 0.186 e. The van der Waals surface area contributed by atoms with Gasteiger partial charge in [-0.05, 0) is 18.4 Å². The van der Waals surface area contributed by atoms with E-state index in [9.17, 15) is 4.79 Å². The standard InChI is InChI=1S/C16H20N2OS/c1-4-18(10-13-8-6-5-7-9-13)16-17-15(12(2)3)14(11-19)20-16/h5-9,11-12H,4,10H2,1-3H3. The Bertz CT molecular complexity index is 563. The lowest BCUT2D eigenvalue weighted by molar-refractivity contribution is 0.112. The average Bonchev–Trinajstić information content (AvgIpc) is 2.90. The summed E-state index contributed by atoms with van der Waals surface area (Å²) in [6.45, 7) is 7.94. The zero-order valence-electron chi connectivity index (χ0n) is 12.2. The van der Waals surface area contributed by atoms with Gasteiger partial charge in [0.1, 0.15) is 0 Å². The van der Waals surface area contributed by atoms with Crippen LogP contribution < -0.4 is 4.90 Å². The molecule has 2 rings (SSSR count). The SMILES string of the molecule is CCN(Cc1ccccc1)c1nc(C(C)C)c(C=O)s1. The summed E-state index contributed by atoms with van der Waals surface area (Å²) in [4.78, 5) is 18.8. The second-order valence-corrected chi connectivity index (χ2v) is 6.03. The molecule has 0 aliphatic carbocycles. The average molecular weight is 288 g/mol. The van der Waals surface area contributed by atoms with Crippen molar-refractivity contribution < 1.29 is 4.79 Å². The Kier molecular flexibility index (Phi) is 4.90. The Morgan fingerprint density at radius 1 is 1.30 bits per heavy atom. The zero-order chi connectivity index (χ0) is 14.5. The summed E-state index contributed by atoms with van der Waals surface area (Å²) >= 11 is 1.49. The normalized spacial score (nSPS) is 10.8. The lowest BCUT2D eigenvalue weighted by Crippen LogP contribution is -2.21. The van der Waals surface area contributed by atoms with Crippen LogP contribution in [0.1, 0.15) is 47.6 Å². The molecule has 0 spiro atoms. The van der Waals surface area contributed by atoms with E-state index in [2.05, 4.69) is 42.8 Å². The third kappa shape index (κ3) is 3.25. The topological polar surface area (TPSA) is 33.2 Å². The summed E-state index contributed by atoms with van der Waals surface area (Å²) < 4.78 is 0. The molecule has 0 N–H and O–H groups in total. The van der Waals surface area contributed by atoms with Crippen LogP contribution in [0.25, 0.3) is 0 Å². The van der Waals surface area contributed by atoms with Crippen LogP contribution in [0.15, 0.2) is 30.3 Å². The van der Waals surface area contributed by atoms with Gasteiger partial charge in [0.2, 0.25) is 0 Å². The molecule has 0 unspecified atom stereocenters. The number of rotatable bonds is 6. The molecule has 2 aromatic rings. The molecule has 106 valence electrons. The molecule has 0 radical (unpaired) electrons. The Labute approximate surface area is 124 Å². The Morgan fingerprint density at radius 3 is 2.50 bits per heavy atom. The number of nitrogens with zero attached hydrogens (tertiary/aromatic N) is 2. The van der Waals surface area contributed by atoms with Crippen LogP contribution in [-0.2, 0) is 6.54 Å². The van der Waals surface area contributed by atoms with Crippen LogP contribution in [0, 0.1) is 0 Å². The first kappa shape index (κ1) is 14.7. The fourth-order valence-corrected chi connectivity index (χ4v) is 3.18. The summed E-state index contributed by atoms with van der Waals surface area (Å²) in [6, 6.07) is 10.3. The van der Waals surface area contributed by atoms with Gasteiger partial charge in [0, 0.05) is 13.1 Å². The van der Waals surface area contributed by atoms with Crippen LogP contribution in [0.2, 0.25) is 0 Å². The summed E-state index contributed by atoms with van der Waals surface area (Å²) in [5.74, 6) is 0.274. The second-order valence-electron chi connectivity index (χ2n) is 5.02. The minimum atomic E-state index is 0.274. The van der Waals surface area contributed by atoms with Gasteiger partial charge in [-0.3, -0.25) is 4.79 Å². The van der Waals surface area contributed by atoms with Gasteiger partial charge in [-0.25, -0.2) is 4.98 Å². The monoisotopic (exact) mass is 288 g/mol. The highest BCUT2D eigenvalue weighted by Crippen LogP contribution is 2.30. The van der Waals surface area contributed by atoms with E-state index >= 15 is 0 Å². The minimum Gasteiger partial charge on any atom is -0.344 e. The van der Waals surface area contributed by atoms with Crippen molar-refractivity contribution in [2.45, 2.75) is 33.2 Å². The van der Waals surface area contributed by atoms with Gasteiger partial charge < -0.3 is 4.90 Å². The summed E-state index contributed by atoms with van der Waals surface area (Å²) in [6.07, 6.45) is 0.923. The van der Waals surface area contributed by atoms with Crippen LogP contribution in [-0.4, -0.2) is 17.8 Å². The van der Waals surface area contributed by atoms with Crippen molar-refractivity contribution in [3.63, 3.8) is 0 Å². The summed E-state index contributed by atoms with van der Waals surface area (Å²) in [5, 5.41) is 0.933. The minimum absolute atomic E-state index is 0.274. The van der Waals surface area contributed by atoms with Gasteiger partial charge in [0.25, 0.3) is 0 Å². The zero-order valence-corrected chi connectivity index (χ0v) is 13.0. The second kappa shape index (κ2) is 6.66. The fraction of sp³-hybridized carbons (Fsp3) is 0.375. The van der Waals surface area contributed by atoms with Crippen LogP contribution in [0.4, 0.5) is 5.13 Å². The smallest absolute Gasteiger partial charge is 0.186 e. The first-order chi connectivity index (χ1) is 9.65. The van der Waals surface area contributed by atoms with E-state index in [4.69, 9.17) is 0 Å². The van der Waals surface area contributed by atoms with Crippen LogP contribution in [0.3, 0.4) is 0 Å². The third-order valence-electron chi connectivity index (χ3n) is 3.19. The van der Waals surface area contributed by atoms with E-state index in [-0.39, 0.29) is 5.92 Å². The summed E-state index contributed by atoms with van der Waals surface area (Å²) in [7, 11) is 0. The molecule has 4 heteroatoms. The molecule has 3 nitrogen and oxygen atoms in total. The van der Waals surface area contributed by atoms with Crippen molar-refractivity contribution in [2.75, 3.05) is 11.4 Å². The molecule has 0 fully saturated rings. The van der Waals surface area contributed by atoms with E-state index in [1.165, 1.54) is 16.9 Å². The van der Waals surface area contributed by atoms with E-state index in [0.717, 1.165) is 35.1 Å². The van der Waals surface area contributed by atoms with Gasteiger partial charge in [-0.2, -0.15) is 0 Å². The number of thiazole rings is 1. The van der Waals surface area contributed by atoms with E-state index in [1.807, 2.05) is 18.2 Å². The van der Waals surface area contributed by atoms with Crippen molar-refractivity contribution in [3.05, 3.63) is 46.5 Å². The Balaban J connectivity index is 2.25. The quantitative estimate of drug-likeness (QED) is 0.750.